The van der Waals surface area contributed by atoms with Crippen LogP contribution in [0.3, 0.4) is 0 Å². The smallest absolute Gasteiger partial charge is 0.404 e. The lowest BCUT2D eigenvalue weighted by Crippen LogP contribution is -2.21. The van der Waals surface area contributed by atoms with Crippen molar-refractivity contribution in [2.24, 2.45) is 0 Å². The number of alkyl halides is 3. The summed E-state index contributed by atoms with van der Waals surface area (Å²) in [6.45, 7) is 0. The summed E-state index contributed by atoms with van der Waals surface area (Å²) < 4.78 is 69.5. The van der Waals surface area contributed by atoms with E-state index in [0.717, 1.165) is 12.1 Å². The molecule has 0 fully saturated rings. The highest BCUT2D eigenvalue weighted by atomic mass is 32.2. The first-order valence-electron chi connectivity index (χ1n) is 6.93. The molecule has 2 heterocycles. The van der Waals surface area contributed by atoms with E-state index in [1.807, 2.05) is 0 Å². The van der Waals surface area contributed by atoms with Gasteiger partial charge in [-0.05, 0) is 24.3 Å². The largest absolute Gasteiger partial charge is 0.573 e. The molecule has 8 nitrogen and oxygen atoms in total. The number of rotatable bonds is 5. The van der Waals surface area contributed by atoms with E-state index in [4.69, 9.17) is 0 Å². The molecule has 26 heavy (non-hydrogen) atoms. The highest BCUT2D eigenvalue weighted by molar-refractivity contribution is 7.92. The Balaban J connectivity index is 1.86. The molecule has 3 aromatic rings. The van der Waals surface area contributed by atoms with Gasteiger partial charge in [-0.15, -0.1) is 13.2 Å². The number of anilines is 1. The zero-order valence-electron chi connectivity index (χ0n) is 12.8. The highest BCUT2D eigenvalue weighted by Crippen LogP contribution is 2.30. The molecule has 0 saturated carbocycles. The minimum atomic E-state index is -5.02. The van der Waals surface area contributed by atoms with Crippen molar-refractivity contribution in [1.29, 1.82) is 0 Å². The number of sulfonamides is 1. The lowest BCUT2D eigenvalue weighted by Gasteiger charge is -2.14. The third-order valence-electron chi connectivity index (χ3n) is 3.02. The molecular formula is C14H10F3N5O3S. The molecular weight excluding hydrogens is 375 g/mol. The number of hydrogen-bond acceptors (Lipinski definition) is 6. The molecule has 3 rings (SSSR count). The monoisotopic (exact) mass is 385 g/mol. The van der Waals surface area contributed by atoms with Crippen molar-refractivity contribution >= 4 is 15.7 Å². The van der Waals surface area contributed by atoms with Crippen LogP contribution < -0.4 is 9.46 Å². The van der Waals surface area contributed by atoms with E-state index >= 15 is 0 Å². The molecule has 12 heteroatoms. The maximum absolute atomic E-state index is 12.5. The van der Waals surface area contributed by atoms with Gasteiger partial charge < -0.3 is 4.74 Å². The van der Waals surface area contributed by atoms with E-state index < -0.39 is 27.0 Å². The van der Waals surface area contributed by atoms with Crippen LogP contribution in [0, 0.1) is 0 Å². The van der Waals surface area contributed by atoms with Crippen molar-refractivity contribution in [2.75, 3.05) is 4.72 Å². The van der Waals surface area contributed by atoms with Crippen molar-refractivity contribution < 1.29 is 26.3 Å². The average molecular weight is 385 g/mol. The van der Waals surface area contributed by atoms with Gasteiger partial charge in [-0.25, -0.2) is 23.1 Å². The minimum absolute atomic E-state index is 0.0516. The van der Waals surface area contributed by atoms with Crippen LogP contribution in [0.2, 0.25) is 0 Å². The average Bonchev–Trinajstić information content (AvgIpc) is 3.08. The Hall–Kier alpha value is -3.15. The third kappa shape index (κ3) is 4.08. The van der Waals surface area contributed by atoms with Crippen LogP contribution in [0.4, 0.5) is 18.9 Å². The predicted molar refractivity (Wildman–Crippen MR) is 83.1 cm³/mol. The zero-order chi connectivity index (χ0) is 18.8. The van der Waals surface area contributed by atoms with Crippen LogP contribution in [-0.2, 0) is 10.0 Å². The Labute approximate surface area is 145 Å². The SMILES string of the molecule is O=S(=O)(Nc1ccc(-n2cncn2)nc1)c1ccccc1OC(F)(F)F. The molecule has 0 aliphatic rings. The number of benzene rings is 1. The van der Waals surface area contributed by atoms with Gasteiger partial charge in [0.1, 0.15) is 23.3 Å². The molecule has 136 valence electrons. The van der Waals surface area contributed by atoms with E-state index in [2.05, 4.69) is 24.5 Å². The van der Waals surface area contributed by atoms with Crippen LogP contribution >= 0.6 is 0 Å². The molecule has 1 aromatic carbocycles. The number of halogens is 3. The van der Waals surface area contributed by atoms with Gasteiger partial charge in [0.15, 0.2) is 5.82 Å². The van der Waals surface area contributed by atoms with Gasteiger partial charge in [-0.1, -0.05) is 12.1 Å². The van der Waals surface area contributed by atoms with Crippen LogP contribution in [0.5, 0.6) is 5.75 Å². The second-order valence-corrected chi connectivity index (χ2v) is 6.50. The van der Waals surface area contributed by atoms with Crippen molar-refractivity contribution in [3.8, 4) is 11.6 Å². The van der Waals surface area contributed by atoms with Crippen LogP contribution in [0.25, 0.3) is 5.82 Å². The lowest BCUT2D eigenvalue weighted by atomic mass is 10.3. The van der Waals surface area contributed by atoms with Crippen LogP contribution in [0.15, 0.2) is 60.1 Å². The van der Waals surface area contributed by atoms with Gasteiger partial charge in [-0.2, -0.15) is 5.10 Å². The third-order valence-corrected chi connectivity index (χ3v) is 4.44. The number of para-hydroxylation sites is 1. The first-order chi connectivity index (χ1) is 12.2. The summed E-state index contributed by atoms with van der Waals surface area (Å²) in [4.78, 5) is 7.10. The summed E-state index contributed by atoms with van der Waals surface area (Å²) in [5, 5.41) is 3.87. The van der Waals surface area contributed by atoms with Gasteiger partial charge in [0.25, 0.3) is 10.0 Å². The zero-order valence-corrected chi connectivity index (χ0v) is 13.6. The number of nitrogens with zero attached hydrogens (tertiary/aromatic N) is 4. The van der Waals surface area contributed by atoms with Gasteiger partial charge in [0, 0.05) is 0 Å². The molecule has 2 aromatic heterocycles. The van der Waals surface area contributed by atoms with Gasteiger partial charge in [0.05, 0.1) is 11.9 Å². The normalized spacial score (nSPS) is 12.0. The summed E-state index contributed by atoms with van der Waals surface area (Å²) in [7, 11) is -4.33. The molecule has 0 bridgehead atoms. The van der Waals surface area contributed by atoms with E-state index in [9.17, 15) is 21.6 Å². The summed E-state index contributed by atoms with van der Waals surface area (Å²) in [6, 6.07) is 7.27. The van der Waals surface area contributed by atoms with Crippen molar-refractivity contribution in [3.63, 3.8) is 0 Å². The van der Waals surface area contributed by atoms with Crippen LogP contribution in [0.1, 0.15) is 0 Å². The summed E-state index contributed by atoms with van der Waals surface area (Å²) in [5.41, 5.74) is 0.0516. The molecule has 0 aliphatic heterocycles. The summed E-state index contributed by atoms with van der Waals surface area (Å²) in [5.74, 6) is -0.453. The molecule has 1 N–H and O–H groups in total. The lowest BCUT2D eigenvalue weighted by molar-refractivity contribution is -0.275. The number of ether oxygens (including phenoxy) is 1. The Morgan fingerprint density at radius 3 is 2.50 bits per heavy atom. The van der Waals surface area contributed by atoms with Crippen molar-refractivity contribution in [2.45, 2.75) is 11.3 Å². The topological polar surface area (TPSA) is 99.0 Å². The number of nitrogens with one attached hydrogen (secondary N) is 1. The maximum atomic E-state index is 12.5. The maximum Gasteiger partial charge on any atom is 0.573 e. The van der Waals surface area contributed by atoms with Crippen molar-refractivity contribution in [3.05, 3.63) is 55.2 Å². The second kappa shape index (κ2) is 6.63. The van der Waals surface area contributed by atoms with Gasteiger partial charge in [-0.3, -0.25) is 4.72 Å². The van der Waals surface area contributed by atoms with Gasteiger partial charge >= 0.3 is 6.36 Å². The van der Waals surface area contributed by atoms with Gasteiger partial charge in [0.2, 0.25) is 0 Å². The van der Waals surface area contributed by atoms with E-state index in [0.29, 0.717) is 5.82 Å². The molecule has 0 spiro atoms. The van der Waals surface area contributed by atoms with E-state index in [-0.39, 0.29) is 5.69 Å². The van der Waals surface area contributed by atoms with E-state index in [1.54, 1.807) is 0 Å². The highest BCUT2D eigenvalue weighted by Gasteiger charge is 2.34. The number of aromatic nitrogens is 4. The summed E-state index contributed by atoms with van der Waals surface area (Å²) >= 11 is 0. The second-order valence-electron chi connectivity index (χ2n) is 4.85. The minimum Gasteiger partial charge on any atom is -0.404 e. The fourth-order valence-electron chi connectivity index (χ4n) is 2.00. The molecule has 0 saturated heterocycles. The summed E-state index contributed by atoms with van der Waals surface area (Å²) in [6.07, 6.45) is -1.12. The predicted octanol–water partition coefficient (Wildman–Crippen LogP) is 2.36. The Bertz CT molecular complexity index is 989. The fraction of sp³-hybridized carbons (Fsp3) is 0.0714. The van der Waals surface area contributed by atoms with E-state index in [1.165, 1.54) is 47.8 Å². The first kappa shape index (κ1) is 17.7. The number of hydrogen-bond donors (Lipinski definition) is 1. The Morgan fingerprint density at radius 2 is 1.88 bits per heavy atom. The first-order valence-corrected chi connectivity index (χ1v) is 8.41. The molecule has 0 unspecified atom stereocenters. The molecule has 0 atom stereocenters. The van der Waals surface area contributed by atoms with Crippen LogP contribution in [-0.4, -0.2) is 34.5 Å². The Morgan fingerprint density at radius 1 is 1.12 bits per heavy atom. The number of pyridine rings is 1. The standard InChI is InChI=1S/C14H10F3N5O3S/c15-14(16,17)25-11-3-1-2-4-12(11)26(23,24)21-10-5-6-13(19-7-10)22-9-18-8-20-22/h1-9,21H. The molecule has 0 radical (unpaired) electrons. The molecule has 0 aliphatic carbocycles. The van der Waals surface area contributed by atoms with Crippen molar-refractivity contribution in [1.82, 2.24) is 19.7 Å². The fourth-order valence-corrected chi connectivity index (χ4v) is 3.17. The quantitative estimate of drug-likeness (QED) is 0.724. The Kier molecular flexibility index (Phi) is 4.50. The molecule has 0 amide bonds.